The van der Waals surface area contributed by atoms with Crippen molar-refractivity contribution in [3.63, 3.8) is 0 Å². The van der Waals surface area contributed by atoms with Crippen LogP contribution in [-0.2, 0) is 9.53 Å². The second-order valence-electron chi connectivity index (χ2n) is 4.64. The van der Waals surface area contributed by atoms with E-state index in [1.807, 2.05) is 6.92 Å². The summed E-state index contributed by atoms with van der Waals surface area (Å²) in [4.78, 5) is 11.1. The number of hydrogen-bond donors (Lipinski definition) is 2. The molecule has 18 heavy (non-hydrogen) atoms. The summed E-state index contributed by atoms with van der Waals surface area (Å²) in [6, 6.07) is 0.531. The van der Waals surface area contributed by atoms with Gasteiger partial charge in [-0.15, -0.1) is 0 Å². The smallest absolute Gasteiger partial charge is 0.305 e. The molecule has 1 saturated carbocycles. The summed E-state index contributed by atoms with van der Waals surface area (Å²) in [5, 5.41) is 7.19. The van der Waals surface area contributed by atoms with Crippen molar-refractivity contribution in [2.45, 2.75) is 57.9 Å². The summed E-state index contributed by atoms with van der Waals surface area (Å²) < 4.78 is 4.86. The minimum Gasteiger partial charge on any atom is -0.466 e. The molecule has 2 N–H and O–H groups in total. The summed E-state index contributed by atoms with van der Waals surface area (Å²) in [5.41, 5.74) is 0. The lowest BCUT2D eigenvalue weighted by Gasteiger charge is -2.24. The van der Waals surface area contributed by atoms with Gasteiger partial charge in [0.05, 0.1) is 6.61 Å². The highest BCUT2D eigenvalue weighted by molar-refractivity contribution is 7.80. The van der Waals surface area contributed by atoms with E-state index >= 15 is 0 Å². The van der Waals surface area contributed by atoms with Gasteiger partial charge in [0.1, 0.15) is 0 Å². The molecule has 0 bridgehead atoms. The highest BCUT2D eigenvalue weighted by atomic mass is 32.1. The van der Waals surface area contributed by atoms with Crippen LogP contribution in [0.1, 0.15) is 51.9 Å². The Labute approximate surface area is 115 Å². The Morgan fingerprint density at radius 2 is 2.06 bits per heavy atom. The standard InChI is InChI=1S/C13H24N2O2S/c1-2-17-12(16)9-6-10-14-13(18)15-11-7-4-3-5-8-11/h11H,2-10H2,1H3,(H2,14,15,18). The molecular formula is C13H24N2O2S. The molecule has 104 valence electrons. The summed E-state index contributed by atoms with van der Waals surface area (Å²) in [6.07, 6.45) is 7.57. The maximum atomic E-state index is 11.1. The summed E-state index contributed by atoms with van der Waals surface area (Å²) in [5.74, 6) is -0.134. The lowest BCUT2D eigenvalue weighted by molar-refractivity contribution is -0.143. The van der Waals surface area contributed by atoms with E-state index in [4.69, 9.17) is 17.0 Å². The molecule has 1 aliphatic rings. The quantitative estimate of drug-likeness (QED) is 0.441. The fourth-order valence-electron chi connectivity index (χ4n) is 2.15. The third-order valence-electron chi connectivity index (χ3n) is 3.09. The molecule has 1 fully saturated rings. The molecule has 1 rings (SSSR count). The van der Waals surface area contributed by atoms with E-state index in [1.54, 1.807) is 0 Å². The van der Waals surface area contributed by atoms with Crippen LogP contribution in [0.3, 0.4) is 0 Å². The van der Waals surface area contributed by atoms with E-state index in [0.29, 0.717) is 24.2 Å². The predicted octanol–water partition coefficient (Wildman–Crippen LogP) is 2.13. The molecule has 0 aliphatic heterocycles. The van der Waals surface area contributed by atoms with Crippen molar-refractivity contribution in [1.29, 1.82) is 0 Å². The van der Waals surface area contributed by atoms with Gasteiger partial charge >= 0.3 is 5.97 Å². The van der Waals surface area contributed by atoms with E-state index < -0.39 is 0 Å². The maximum absolute atomic E-state index is 11.1. The molecular weight excluding hydrogens is 248 g/mol. The second kappa shape index (κ2) is 9.14. The van der Waals surface area contributed by atoms with Gasteiger partial charge in [-0.1, -0.05) is 19.3 Å². The number of ether oxygens (including phenoxy) is 1. The maximum Gasteiger partial charge on any atom is 0.305 e. The Kier molecular flexibility index (Phi) is 7.73. The molecule has 0 heterocycles. The first-order valence-electron chi connectivity index (χ1n) is 6.92. The van der Waals surface area contributed by atoms with Crippen molar-refractivity contribution in [3.8, 4) is 0 Å². The molecule has 0 aromatic heterocycles. The predicted molar refractivity (Wildman–Crippen MR) is 76.5 cm³/mol. The van der Waals surface area contributed by atoms with Gasteiger partial charge in [0.25, 0.3) is 0 Å². The third-order valence-corrected chi connectivity index (χ3v) is 3.35. The van der Waals surface area contributed by atoms with Crippen LogP contribution in [0.5, 0.6) is 0 Å². The first-order chi connectivity index (χ1) is 8.72. The zero-order valence-corrected chi connectivity index (χ0v) is 12.0. The van der Waals surface area contributed by atoms with Crippen molar-refractivity contribution < 1.29 is 9.53 Å². The lowest BCUT2D eigenvalue weighted by atomic mass is 9.96. The average Bonchev–Trinajstić information content (AvgIpc) is 2.36. The Bertz CT molecular complexity index is 266. The van der Waals surface area contributed by atoms with E-state index in [-0.39, 0.29) is 5.97 Å². The molecule has 0 amide bonds. The van der Waals surface area contributed by atoms with Crippen molar-refractivity contribution >= 4 is 23.3 Å². The number of rotatable bonds is 6. The monoisotopic (exact) mass is 272 g/mol. The average molecular weight is 272 g/mol. The number of nitrogens with one attached hydrogen (secondary N) is 2. The first-order valence-corrected chi connectivity index (χ1v) is 7.33. The molecule has 0 spiro atoms. The zero-order valence-electron chi connectivity index (χ0n) is 11.2. The van der Waals surface area contributed by atoms with Gasteiger partial charge in [0.15, 0.2) is 5.11 Å². The van der Waals surface area contributed by atoms with Crippen LogP contribution in [0, 0.1) is 0 Å². The van der Waals surface area contributed by atoms with Gasteiger partial charge in [-0.05, 0) is 38.4 Å². The fourth-order valence-corrected chi connectivity index (χ4v) is 2.42. The number of carbonyl (C=O) groups is 1. The van der Waals surface area contributed by atoms with E-state index in [2.05, 4.69) is 10.6 Å². The van der Waals surface area contributed by atoms with Crippen molar-refractivity contribution in [2.24, 2.45) is 0 Å². The topological polar surface area (TPSA) is 50.4 Å². The van der Waals surface area contributed by atoms with Gasteiger partial charge < -0.3 is 15.4 Å². The molecule has 0 aromatic rings. The van der Waals surface area contributed by atoms with Crippen LogP contribution in [0.4, 0.5) is 0 Å². The van der Waals surface area contributed by atoms with Crippen LogP contribution >= 0.6 is 12.2 Å². The Balaban J connectivity index is 2.01. The van der Waals surface area contributed by atoms with Gasteiger partial charge in [0.2, 0.25) is 0 Å². The summed E-state index contributed by atoms with van der Waals surface area (Å²) in [6.45, 7) is 2.99. The Morgan fingerprint density at radius 1 is 1.33 bits per heavy atom. The van der Waals surface area contributed by atoms with Gasteiger partial charge in [-0.25, -0.2) is 0 Å². The lowest BCUT2D eigenvalue weighted by Crippen LogP contribution is -2.43. The van der Waals surface area contributed by atoms with Crippen molar-refractivity contribution in [2.75, 3.05) is 13.2 Å². The third kappa shape index (κ3) is 6.79. The van der Waals surface area contributed by atoms with Crippen LogP contribution in [0.15, 0.2) is 0 Å². The molecule has 0 aromatic carbocycles. The molecule has 1 aliphatic carbocycles. The van der Waals surface area contributed by atoms with E-state index in [1.165, 1.54) is 32.1 Å². The van der Waals surface area contributed by atoms with Gasteiger partial charge in [0, 0.05) is 19.0 Å². The van der Waals surface area contributed by atoms with Crippen LogP contribution in [0.2, 0.25) is 0 Å². The van der Waals surface area contributed by atoms with Crippen molar-refractivity contribution in [1.82, 2.24) is 10.6 Å². The van der Waals surface area contributed by atoms with Crippen LogP contribution < -0.4 is 10.6 Å². The number of hydrogen-bond acceptors (Lipinski definition) is 3. The molecule has 0 atom stereocenters. The molecule has 0 radical (unpaired) electrons. The number of carbonyl (C=O) groups excluding carboxylic acids is 1. The molecule has 4 nitrogen and oxygen atoms in total. The van der Waals surface area contributed by atoms with Crippen LogP contribution in [0.25, 0.3) is 0 Å². The van der Waals surface area contributed by atoms with Crippen LogP contribution in [-0.4, -0.2) is 30.3 Å². The summed E-state index contributed by atoms with van der Waals surface area (Å²) >= 11 is 5.23. The van der Waals surface area contributed by atoms with E-state index in [0.717, 1.165) is 13.0 Å². The molecule has 0 unspecified atom stereocenters. The Morgan fingerprint density at radius 3 is 2.72 bits per heavy atom. The van der Waals surface area contributed by atoms with Crippen molar-refractivity contribution in [3.05, 3.63) is 0 Å². The normalized spacial score (nSPS) is 16.1. The Hall–Kier alpha value is -0.840. The highest BCUT2D eigenvalue weighted by Gasteiger charge is 2.13. The minimum absolute atomic E-state index is 0.134. The SMILES string of the molecule is CCOC(=O)CCCNC(=S)NC1CCCCC1. The first kappa shape index (κ1) is 15.2. The van der Waals surface area contributed by atoms with E-state index in [9.17, 15) is 4.79 Å². The van der Waals surface area contributed by atoms with Gasteiger partial charge in [-0.2, -0.15) is 0 Å². The highest BCUT2D eigenvalue weighted by Crippen LogP contribution is 2.17. The fraction of sp³-hybridized carbons (Fsp3) is 0.846. The largest absolute Gasteiger partial charge is 0.466 e. The minimum atomic E-state index is -0.134. The number of thiocarbonyl (C=S) groups is 1. The molecule has 0 saturated heterocycles. The zero-order chi connectivity index (χ0) is 13.2. The van der Waals surface area contributed by atoms with Gasteiger partial charge in [-0.3, -0.25) is 4.79 Å². The molecule has 5 heteroatoms. The summed E-state index contributed by atoms with van der Waals surface area (Å²) in [7, 11) is 0. The number of esters is 1. The second-order valence-corrected chi connectivity index (χ2v) is 5.05.